The van der Waals surface area contributed by atoms with E-state index in [1.165, 1.54) is 4.90 Å². The second kappa shape index (κ2) is 4.95. The lowest BCUT2D eigenvalue weighted by Gasteiger charge is -2.33. The highest BCUT2D eigenvalue weighted by atomic mass is 16.2. The molecule has 2 N–H and O–H groups in total. The SMILES string of the molecule is CCCN1CCN(CCN)C(=O)C1=O. The third-order valence-corrected chi connectivity index (χ3v) is 2.29. The van der Waals surface area contributed by atoms with Gasteiger partial charge in [0.05, 0.1) is 0 Å². The molecule has 0 spiro atoms. The molecule has 0 aromatic carbocycles. The predicted octanol–water partition coefficient (Wildman–Crippen LogP) is -0.974. The van der Waals surface area contributed by atoms with Gasteiger partial charge in [-0.05, 0) is 6.42 Å². The molecule has 5 nitrogen and oxygen atoms in total. The molecule has 5 heteroatoms. The quantitative estimate of drug-likeness (QED) is 0.592. The third kappa shape index (κ3) is 2.23. The van der Waals surface area contributed by atoms with E-state index in [9.17, 15) is 9.59 Å². The predicted molar refractivity (Wildman–Crippen MR) is 52.5 cm³/mol. The maximum Gasteiger partial charge on any atom is 0.312 e. The minimum Gasteiger partial charge on any atom is -0.333 e. The Morgan fingerprint density at radius 1 is 1.14 bits per heavy atom. The highest BCUT2D eigenvalue weighted by Gasteiger charge is 2.31. The molecule has 0 aromatic heterocycles. The summed E-state index contributed by atoms with van der Waals surface area (Å²) >= 11 is 0. The molecule has 1 aliphatic rings. The monoisotopic (exact) mass is 199 g/mol. The van der Waals surface area contributed by atoms with Crippen LogP contribution in [-0.4, -0.2) is 54.3 Å². The summed E-state index contributed by atoms with van der Waals surface area (Å²) in [6, 6.07) is 0. The van der Waals surface area contributed by atoms with Crippen LogP contribution < -0.4 is 5.73 Å². The first-order valence-electron chi connectivity index (χ1n) is 4.99. The Morgan fingerprint density at radius 3 is 2.07 bits per heavy atom. The Balaban J connectivity index is 2.55. The van der Waals surface area contributed by atoms with Gasteiger partial charge in [-0.1, -0.05) is 6.92 Å². The van der Waals surface area contributed by atoms with Gasteiger partial charge in [-0.15, -0.1) is 0 Å². The Labute approximate surface area is 83.8 Å². The minimum atomic E-state index is -0.407. The van der Waals surface area contributed by atoms with E-state index in [1.807, 2.05) is 6.92 Å². The van der Waals surface area contributed by atoms with Crippen molar-refractivity contribution in [2.75, 3.05) is 32.7 Å². The number of rotatable bonds is 4. The topological polar surface area (TPSA) is 66.6 Å². The molecule has 1 saturated heterocycles. The second-order valence-electron chi connectivity index (χ2n) is 3.37. The van der Waals surface area contributed by atoms with Crippen molar-refractivity contribution in [1.29, 1.82) is 0 Å². The van der Waals surface area contributed by atoms with Crippen molar-refractivity contribution in [3.05, 3.63) is 0 Å². The first-order chi connectivity index (χ1) is 6.70. The van der Waals surface area contributed by atoms with E-state index in [1.54, 1.807) is 4.90 Å². The summed E-state index contributed by atoms with van der Waals surface area (Å²) in [6.07, 6.45) is 0.885. The van der Waals surface area contributed by atoms with Crippen LogP contribution in [0.25, 0.3) is 0 Å². The molecular weight excluding hydrogens is 182 g/mol. The van der Waals surface area contributed by atoms with E-state index in [2.05, 4.69) is 0 Å². The minimum absolute atomic E-state index is 0.383. The van der Waals surface area contributed by atoms with Gasteiger partial charge in [0.2, 0.25) is 0 Å². The molecule has 0 unspecified atom stereocenters. The molecule has 0 aliphatic carbocycles. The van der Waals surface area contributed by atoms with Crippen molar-refractivity contribution >= 4 is 11.8 Å². The maximum atomic E-state index is 11.5. The van der Waals surface area contributed by atoms with Gasteiger partial charge in [0.1, 0.15) is 0 Å². The van der Waals surface area contributed by atoms with Gasteiger partial charge >= 0.3 is 11.8 Å². The Hall–Kier alpha value is -1.10. The van der Waals surface area contributed by atoms with E-state index >= 15 is 0 Å². The van der Waals surface area contributed by atoms with Crippen LogP contribution in [0.2, 0.25) is 0 Å². The third-order valence-electron chi connectivity index (χ3n) is 2.29. The fourth-order valence-electron chi connectivity index (χ4n) is 1.57. The highest BCUT2D eigenvalue weighted by molar-refractivity contribution is 6.35. The number of carbonyl (C=O) groups excluding carboxylic acids is 2. The number of carbonyl (C=O) groups is 2. The molecule has 1 rings (SSSR count). The van der Waals surface area contributed by atoms with Crippen molar-refractivity contribution in [2.24, 2.45) is 5.73 Å². The van der Waals surface area contributed by atoms with Crippen LogP contribution >= 0.6 is 0 Å². The summed E-state index contributed by atoms with van der Waals surface area (Å²) < 4.78 is 0. The number of hydrogen-bond acceptors (Lipinski definition) is 3. The molecule has 1 heterocycles. The summed E-state index contributed by atoms with van der Waals surface area (Å²) in [6.45, 7) is 4.79. The zero-order valence-electron chi connectivity index (χ0n) is 8.53. The highest BCUT2D eigenvalue weighted by Crippen LogP contribution is 2.04. The van der Waals surface area contributed by atoms with Crippen molar-refractivity contribution in [3.8, 4) is 0 Å². The van der Waals surface area contributed by atoms with Gasteiger partial charge in [0.15, 0.2) is 0 Å². The first kappa shape index (κ1) is 11.0. The fourth-order valence-corrected chi connectivity index (χ4v) is 1.57. The standard InChI is InChI=1S/C9H17N3O2/c1-2-4-11-6-7-12(5-3-10)9(14)8(11)13/h2-7,10H2,1H3. The summed E-state index contributed by atoms with van der Waals surface area (Å²) in [5, 5.41) is 0. The van der Waals surface area contributed by atoms with Gasteiger partial charge in [0, 0.05) is 32.7 Å². The number of hydrogen-bond donors (Lipinski definition) is 1. The average molecular weight is 199 g/mol. The number of amides is 2. The lowest BCUT2D eigenvalue weighted by atomic mass is 10.2. The normalized spacial score (nSPS) is 17.9. The number of nitrogens with zero attached hydrogens (tertiary/aromatic N) is 2. The first-order valence-corrected chi connectivity index (χ1v) is 4.99. The van der Waals surface area contributed by atoms with Crippen LogP contribution in [0, 0.1) is 0 Å². The second-order valence-corrected chi connectivity index (χ2v) is 3.37. The van der Waals surface area contributed by atoms with Gasteiger partial charge in [-0.25, -0.2) is 0 Å². The van der Waals surface area contributed by atoms with E-state index in [-0.39, 0.29) is 5.91 Å². The van der Waals surface area contributed by atoms with E-state index in [4.69, 9.17) is 5.73 Å². The molecule has 0 radical (unpaired) electrons. The Morgan fingerprint density at radius 2 is 1.64 bits per heavy atom. The average Bonchev–Trinajstić information content (AvgIpc) is 2.18. The molecule has 1 fully saturated rings. The van der Waals surface area contributed by atoms with Crippen LogP contribution in [0.5, 0.6) is 0 Å². The molecule has 0 bridgehead atoms. The van der Waals surface area contributed by atoms with E-state index in [0.717, 1.165) is 6.42 Å². The molecular formula is C9H17N3O2. The Kier molecular flexibility index (Phi) is 3.88. The molecule has 14 heavy (non-hydrogen) atoms. The van der Waals surface area contributed by atoms with Crippen molar-refractivity contribution < 1.29 is 9.59 Å². The molecule has 80 valence electrons. The number of nitrogens with two attached hydrogens (primary N) is 1. The van der Waals surface area contributed by atoms with Crippen LogP contribution in [0.4, 0.5) is 0 Å². The molecule has 2 amide bonds. The summed E-state index contributed by atoms with van der Waals surface area (Å²) in [7, 11) is 0. The molecule has 0 saturated carbocycles. The van der Waals surface area contributed by atoms with Crippen LogP contribution in [0.15, 0.2) is 0 Å². The molecule has 0 aromatic rings. The Bertz CT molecular complexity index is 206. The van der Waals surface area contributed by atoms with Crippen LogP contribution in [-0.2, 0) is 9.59 Å². The molecule has 1 aliphatic heterocycles. The van der Waals surface area contributed by atoms with Crippen molar-refractivity contribution in [1.82, 2.24) is 9.80 Å². The lowest BCUT2D eigenvalue weighted by molar-refractivity contribution is -0.155. The smallest absolute Gasteiger partial charge is 0.312 e. The van der Waals surface area contributed by atoms with Gasteiger partial charge in [-0.3, -0.25) is 9.59 Å². The van der Waals surface area contributed by atoms with Gasteiger partial charge < -0.3 is 15.5 Å². The van der Waals surface area contributed by atoms with Gasteiger partial charge in [0.25, 0.3) is 0 Å². The van der Waals surface area contributed by atoms with Crippen LogP contribution in [0.3, 0.4) is 0 Å². The summed E-state index contributed by atoms with van der Waals surface area (Å²) in [5.41, 5.74) is 5.34. The molecule has 0 atom stereocenters. The van der Waals surface area contributed by atoms with E-state index in [0.29, 0.717) is 32.7 Å². The lowest BCUT2D eigenvalue weighted by Crippen LogP contribution is -2.55. The maximum absolute atomic E-state index is 11.5. The largest absolute Gasteiger partial charge is 0.333 e. The number of piperazine rings is 1. The van der Waals surface area contributed by atoms with Crippen LogP contribution in [0.1, 0.15) is 13.3 Å². The van der Waals surface area contributed by atoms with Gasteiger partial charge in [-0.2, -0.15) is 0 Å². The van der Waals surface area contributed by atoms with Crippen molar-refractivity contribution in [3.63, 3.8) is 0 Å². The zero-order valence-corrected chi connectivity index (χ0v) is 8.53. The summed E-state index contributed by atoms with van der Waals surface area (Å²) in [5.74, 6) is -0.790. The fraction of sp³-hybridized carbons (Fsp3) is 0.778. The summed E-state index contributed by atoms with van der Waals surface area (Å²) in [4.78, 5) is 26.1. The van der Waals surface area contributed by atoms with E-state index < -0.39 is 5.91 Å². The zero-order chi connectivity index (χ0) is 10.6. The van der Waals surface area contributed by atoms with Crippen molar-refractivity contribution in [2.45, 2.75) is 13.3 Å².